The van der Waals surface area contributed by atoms with Crippen LogP contribution in [0.1, 0.15) is 55.1 Å². The van der Waals surface area contributed by atoms with Gasteiger partial charge in [-0.25, -0.2) is 0 Å². The van der Waals surface area contributed by atoms with Gasteiger partial charge in [-0.3, -0.25) is 9.78 Å². The molecule has 0 aliphatic carbocycles. The van der Waals surface area contributed by atoms with E-state index < -0.39 is 0 Å². The molecule has 0 unspecified atom stereocenters. The third-order valence-corrected chi connectivity index (χ3v) is 4.99. The Hall–Kier alpha value is -1.40. The van der Waals surface area contributed by atoms with Gasteiger partial charge in [0, 0.05) is 30.8 Å². The van der Waals surface area contributed by atoms with Crippen LogP contribution in [0.25, 0.3) is 10.9 Å². The van der Waals surface area contributed by atoms with Crippen LogP contribution in [0.5, 0.6) is 0 Å². The van der Waals surface area contributed by atoms with Crippen molar-refractivity contribution in [1.29, 1.82) is 0 Å². The zero-order valence-corrected chi connectivity index (χ0v) is 18.2. The van der Waals surface area contributed by atoms with Crippen molar-refractivity contribution in [3.05, 3.63) is 41.6 Å². The number of rotatable bonds is 6. The largest absolute Gasteiger partial charge is 0.378 e. The minimum Gasteiger partial charge on any atom is -0.378 e. The van der Waals surface area contributed by atoms with Crippen molar-refractivity contribution in [3.8, 4) is 0 Å². The fraction of sp³-hybridized carbons (Fsp3) is 0.524. The van der Waals surface area contributed by atoms with Crippen molar-refractivity contribution >= 4 is 41.6 Å². The first-order valence-corrected chi connectivity index (χ1v) is 9.60. The molecule has 0 atom stereocenters. The van der Waals surface area contributed by atoms with E-state index in [0.29, 0.717) is 13.2 Å². The van der Waals surface area contributed by atoms with Gasteiger partial charge in [-0.05, 0) is 43.9 Å². The number of carbonyl (C=O) groups is 1. The van der Waals surface area contributed by atoms with Crippen LogP contribution in [-0.2, 0) is 4.74 Å². The van der Waals surface area contributed by atoms with E-state index in [9.17, 15) is 4.79 Å². The molecule has 1 aliphatic heterocycles. The number of piperidine rings is 1. The SMILES string of the molecule is CC(C)c1cc(C(=O)N2CCC(OCCCN)CC2)c2ccccc2n1.Cl.Cl. The van der Waals surface area contributed by atoms with Gasteiger partial charge in [0.05, 0.1) is 17.2 Å². The van der Waals surface area contributed by atoms with E-state index in [1.165, 1.54) is 0 Å². The van der Waals surface area contributed by atoms with Crippen LogP contribution >= 0.6 is 24.8 Å². The Morgan fingerprint density at radius 1 is 1.25 bits per heavy atom. The van der Waals surface area contributed by atoms with Gasteiger partial charge < -0.3 is 15.4 Å². The van der Waals surface area contributed by atoms with Gasteiger partial charge >= 0.3 is 0 Å². The molecule has 1 fully saturated rings. The minimum absolute atomic E-state index is 0. The number of benzene rings is 1. The molecule has 28 heavy (non-hydrogen) atoms. The number of hydrogen-bond donors (Lipinski definition) is 1. The summed E-state index contributed by atoms with van der Waals surface area (Å²) in [6, 6.07) is 9.88. The molecule has 3 rings (SSSR count). The number of aromatic nitrogens is 1. The lowest BCUT2D eigenvalue weighted by Gasteiger charge is -2.32. The maximum atomic E-state index is 13.2. The number of amides is 1. The number of carbonyl (C=O) groups excluding carboxylic acids is 1. The summed E-state index contributed by atoms with van der Waals surface area (Å²) in [5, 5.41) is 0.934. The highest BCUT2D eigenvalue weighted by molar-refractivity contribution is 6.06. The van der Waals surface area contributed by atoms with Gasteiger partial charge in [0.2, 0.25) is 0 Å². The van der Waals surface area contributed by atoms with E-state index in [0.717, 1.165) is 54.5 Å². The van der Waals surface area contributed by atoms with Crippen LogP contribution in [0, 0.1) is 0 Å². The molecule has 5 nitrogen and oxygen atoms in total. The summed E-state index contributed by atoms with van der Waals surface area (Å²) in [4.78, 5) is 19.9. The summed E-state index contributed by atoms with van der Waals surface area (Å²) in [6.45, 7) is 7.05. The van der Waals surface area contributed by atoms with Crippen molar-refractivity contribution in [2.24, 2.45) is 5.73 Å². The van der Waals surface area contributed by atoms with Crippen LogP contribution in [-0.4, -0.2) is 48.1 Å². The number of fused-ring (bicyclic) bond motifs is 1. The van der Waals surface area contributed by atoms with E-state index in [1.807, 2.05) is 35.2 Å². The molecule has 1 saturated heterocycles. The number of nitrogens with zero attached hydrogens (tertiary/aromatic N) is 2. The zero-order valence-electron chi connectivity index (χ0n) is 16.6. The van der Waals surface area contributed by atoms with Crippen LogP contribution in [0.3, 0.4) is 0 Å². The highest BCUT2D eigenvalue weighted by Crippen LogP contribution is 2.25. The molecular formula is C21H31Cl2N3O2. The van der Waals surface area contributed by atoms with E-state index in [-0.39, 0.29) is 42.7 Å². The van der Waals surface area contributed by atoms with Crippen LogP contribution in [0.4, 0.5) is 0 Å². The molecule has 0 saturated carbocycles. The predicted octanol–water partition coefficient (Wildman–Crippen LogP) is 4.17. The number of para-hydroxylation sites is 1. The summed E-state index contributed by atoms with van der Waals surface area (Å²) in [5.41, 5.74) is 8.13. The Morgan fingerprint density at radius 2 is 1.93 bits per heavy atom. The topological polar surface area (TPSA) is 68.5 Å². The van der Waals surface area contributed by atoms with Gasteiger partial charge in [0.15, 0.2) is 0 Å². The fourth-order valence-corrected chi connectivity index (χ4v) is 3.40. The van der Waals surface area contributed by atoms with Gasteiger partial charge in [-0.15, -0.1) is 24.8 Å². The first kappa shape index (κ1) is 24.6. The first-order chi connectivity index (χ1) is 12.6. The molecule has 1 aliphatic rings. The molecule has 0 spiro atoms. The van der Waals surface area contributed by atoms with Crippen LogP contribution in [0.2, 0.25) is 0 Å². The standard InChI is InChI=1S/C21H29N3O2.2ClH/c1-15(2)20-14-18(17-6-3-4-7-19(17)23-20)21(25)24-11-8-16(9-12-24)26-13-5-10-22;;/h3-4,6-7,14-16H,5,8-13,22H2,1-2H3;2*1H. The summed E-state index contributed by atoms with van der Waals surface area (Å²) in [5.74, 6) is 0.388. The minimum atomic E-state index is 0. The van der Waals surface area contributed by atoms with E-state index in [1.54, 1.807) is 0 Å². The Bertz CT molecular complexity index is 762. The number of halogens is 2. The smallest absolute Gasteiger partial charge is 0.254 e. The quantitative estimate of drug-likeness (QED) is 0.702. The van der Waals surface area contributed by atoms with Crippen molar-refractivity contribution in [3.63, 3.8) is 0 Å². The lowest BCUT2D eigenvalue weighted by molar-refractivity contribution is 0.00849. The molecule has 1 amide bonds. The Kier molecular flexibility index (Phi) is 10.2. The van der Waals surface area contributed by atoms with E-state index in [4.69, 9.17) is 15.5 Å². The molecule has 156 valence electrons. The van der Waals surface area contributed by atoms with Crippen molar-refractivity contribution < 1.29 is 9.53 Å². The Labute approximate surface area is 179 Å². The average Bonchev–Trinajstić information content (AvgIpc) is 2.67. The van der Waals surface area contributed by atoms with Crippen molar-refractivity contribution in [2.45, 2.75) is 45.1 Å². The fourth-order valence-electron chi connectivity index (χ4n) is 3.40. The molecular weight excluding hydrogens is 397 g/mol. The zero-order chi connectivity index (χ0) is 18.5. The van der Waals surface area contributed by atoms with Crippen LogP contribution < -0.4 is 5.73 Å². The third kappa shape index (κ3) is 5.80. The van der Waals surface area contributed by atoms with Crippen molar-refractivity contribution in [2.75, 3.05) is 26.2 Å². The second kappa shape index (κ2) is 11.6. The maximum Gasteiger partial charge on any atom is 0.254 e. The predicted molar refractivity (Wildman–Crippen MR) is 119 cm³/mol. The number of likely N-dealkylation sites (tertiary alicyclic amines) is 1. The van der Waals surface area contributed by atoms with E-state index >= 15 is 0 Å². The summed E-state index contributed by atoms with van der Waals surface area (Å²) in [6.07, 6.45) is 2.90. The number of hydrogen-bond acceptors (Lipinski definition) is 4. The third-order valence-electron chi connectivity index (χ3n) is 4.99. The molecule has 1 aromatic carbocycles. The average molecular weight is 428 g/mol. The first-order valence-electron chi connectivity index (χ1n) is 9.60. The highest BCUT2D eigenvalue weighted by atomic mass is 35.5. The monoisotopic (exact) mass is 427 g/mol. The highest BCUT2D eigenvalue weighted by Gasteiger charge is 2.25. The van der Waals surface area contributed by atoms with E-state index in [2.05, 4.69) is 13.8 Å². The Morgan fingerprint density at radius 3 is 2.57 bits per heavy atom. The second-order valence-electron chi connectivity index (χ2n) is 7.27. The molecule has 1 aromatic heterocycles. The molecule has 7 heteroatoms. The van der Waals surface area contributed by atoms with Gasteiger partial charge in [-0.2, -0.15) is 0 Å². The summed E-state index contributed by atoms with van der Waals surface area (Å²) in [7, 11) is 0. The summed E-state index contributed by atoms with van der Waals surface area (Å²) < 4.78 is 5.85. The number of pyridine rings is 1. The van der Waals surface area contributed by atoms with Gasteiger partial charge in [-0.1, -0.05) is 32.0 Å². The lowest BCUT2D eigenvalue weighted by Crippen LogP contribution is -2.41. The van der Waals surface area contributed by atoms with Crippen LogP contribution in [0.15, 0.2) is 30.3 Å². The second-order valence-corrected chi connectivity index (χ2v) is 7.27. The number of ether oxygens (including phenoxy) is 1. The Balaban J connectivity index is 0.00000196. The number of nitrogens with two attached hydrogens (primary N) is 1. The normalized spacial score (nSPS) is 14.6. The molecule has 2 aromatic rings. The summed E-state index contributed by atoms with van der Waals surface area (Å²) >= 11 is 0. The molecule has 0 bridgehead atoms. The molecule has 2 heterocycles. The van der Waals surface area contributed by atoms with Gasteiger partial charge in [0.1, 0.15) is 0 Å². The van der Waals surface area contributed by atoms with Gasteiger partial charge in [0.25, 0.3) is 5.91 Å². The molecule has 2 N–H and O–H groups in total. The van der Waals surface area contributed by atoms with Crippen molar-refractivity contribution in [1.82, 2.24) is 9.88 Å². The lowest BCUT2D eigenvalue weighted by atomic mass is 10.0. The maximum absolute atomic E-state index is 13.2. The molecule has 0 radical (unpaired) electrons.